The van der Waals surface area contributed by atoms with E-state index in [0.717, 1.165) is 33.0 Å². The number of fused-ring (bicyclic) bond motifs is 2. The Balaban J connectivity index is 1.77. The summed E-state index contributed by atoms with van der Waals surface area (Å²) in [6.45, 7) is 0. The van der Waals surface area contributed by atoms with Crippen LogP contribution in [0.3, 0.4) is 0 Å². The summed E-state index contributed by atoms with van der Waals surface area (Å²) in [5.41, 5.74) is 18.8. The molecule has 0 spiro atoms. The van der Waals surface area contributed by atoms with E-state index in [9.17, 15) is 0 Å². The molecule has 0 saturated heterocycles. The van der Waals surface area contributed by atoms with Gasteiger partial charge < -0.3 is 11.5 Å². The Labute approximate surface area is 188 Å². The second-order valence-electron chi connectivity index (χ2n) is 7.93. The second-order valence-corrected chi connectivity index (χ2v) is 7.93. The maximum Gasteiger partial charge on any atom is 0.0406 e. The van der Waals surface area contributed by atoms with Crippen LogP contribution in [-0.2, 0) is 0 Å². The van der Waals surface area contributed by atoms with Crippen molar-refractivity contribution in [2.75, 3.05) is 0 Å². The minimum absolute atomic E-state index is 0.686. The first-order valence-electron chi connectivity index (χ1n) is 10.7. The van der Waals surface area contributed by atoms with Crippen molar-refractivity contribution in [1.29, 1.82) is 0 Å². The molecule has 0 heterocycles. The lowest BCUT2D eigenvalue weighted by Gasteiger charge is -2.16. The Bertz CT molecular complexity index is 1460. The summed E-state index contributed by atoms with van der Waals surface area (Å²) in [4.78, 5) is 0. The topological polar surface area (TPSA) is 52.0 Å². The minimum Gasteiger partial charge on any atom is -0.398 e. The van der Waals surface area contributed by atoms with E-state index in [1.165, 1.54) is 10.8 Å². The lowest BCUT2D eigenvalue weighted by molar-refractivity contribution is 1.48. The molecule has 0 aliphatic carbocycles. The molecule has 5 aromatic rings. The third-order valence-electron chi connectivity index (χ3n) is 5.73. The van der Waals surface area contributed by atoms with E-state index in [0.29, 0.717) is 11.4 Å². The molecule has 0 aliphatic heterocycles. The van der Waals surface area contributed by atoms with Gasteiger partial charge in [-0.25, -0.2) is 0 Å². The van der Waals surface area contributed by atoms with Crippen LogP contribution in [0.5, 0.6) is 0 Å². The molecule has 0 saturated carbocycles. The minimum atomic E-state index is 0.686. The zero-order valence-corrected chi connectivity index (χ0v) is 17.7. The highest BCUT2D eigenvalue weighted by Crippen LogP contribution is 2.33. The smallest absolute Gasteiger partial charge is 0.0406 e. The normalized spacial score (nSPS) is 12.4. The van der Waals surface area contributed by atoms with Crippen LogP contribution in [0.2, 0.25) is 0 Å². The van der Waals surface area contributed by atoms with Gasteiger partial charge in [0.1, 0.15) is 0 Å². The second kappa shape index (κ2) is 8.44. The zero-order valence-electron chi connectivity index (χ0n) is 17.7. The van der Waals surface area contributed by atoms with Gasteiger partial charge in [0.05, 0.1) is 0 Å². The average molecular weight is 413 g/mol. The van der Waals surface area contributed by atoms with E-state index in [4.69, 9.17) is 11.5 Å². The molecule has 5 rings (SSSR count). The van der Waals surface area contributed by atoms with Gasteiger partial charge in [-0.2, -0.15) is 0 Å². The van der Waals surface area contributed by atoms with Crippen molar-refractivity contribution < 1.29 is 0 Å². The summed E-state index contributed by atoms with van der Waals surface area (Å²) >= 11 is 0. The van der Waals surface area contributed by atoms with Gasteiger partial charge in [-0.1, -0.05) is 97.1 Å². The highest BCUT2D eigenvalue weighted by atomic mass is 14.6. The van der Waals surface area contributed by atoms with Gasteiger partial charge in [0.15, 0.2) is 0 Å². The molecule has 0 unspecified atom stereocenters. The molecule has 32 heavy (non-hydrogen) atoms. The van der Waals surface area contributed by atoms with E-state index >= 15 is 0 Å². The highest BCUT2D eigenvalue weighted by molar-refractivity contribution is 6.07. The SMILES string of the molecule is NC(=Cc1ccccc1)c1ccc2cc3ccccc3cc2c1C(N)=Cc1ccccc1. The fourth-order valence-corrected chi connectivity index (χ4v) is 4.17. The molecule has 0 aromatic heterocycles. The van der Waals surface area contributed by atoms with Crippen LogP contribution in [-0.4, -0.2) is 0 Å². The third-order valence-corrected chi connectivity index (χ3v) is 5.73. The summed E-state index contributed by atoms with van der Waals surface area (Å²) in [7, 11) is 0. The molecule has 154 valence electrons. The first kappa shape index (κ1) is 19.7. The van der Waals surface area contributed by atoms with Crippen LogP contribution >= 0.6 is 0 Å². The predicted octanol–water partition coefficient (Wildman–Crippen LogP) is 6.91. The van der Waals surface area contributed by atoms with Gasteiger partial charge in [0.25, 0.3) is 0 Å². The van der Waals surface area contributed by atoms with Gasteiger partial charge in [0.2, 0.25) is 0 Å². The van der Waals surface area contributed by atoms with Crippen molar-refractivity contribution in [3.63, 3.8) is 0 Å². The Morgan fingerprint density at radius 2 is 1.03 bits per heavy atom. The summed E-state index contributed by atoms with van der Waals surface area (Å²) in [5.74, 6) is 0. The van der Waals surface area contributed by atoms with Gasteiger partial charge in [-0.15, -0.1) is 0 Å². The van der Waals surface area contributed by atoms with E-state index < -0.39 is 0 Å². The molecule has 0 atom stereocenters. The van der Waals surface area contributed by atoms with E-state index in [2.05, 4.69) is 60.7 Å². The van der Waals surface area contributed by atoms with Crippen molar-refractivity contribution >= 4 is 45.1 Å². The zero-order chi connectivity index (χ0) is 21.9. The van der Waals surface area contributed by atoms with E-state index in [1.54, 1.807) is 0 Å². The van der Waals surface area contributed by atoms with Crippen LogP contribution in [0.15, 0.2) is 109 Å². The van der Waals surface area contributed by atoms with Gasteiger partial charge in [-0.05, 0) is 57.0 Å². The van der Waals surface area contributed by atoms with Gasteiger partial charge >= 0.3 is 0 Å². The Hall–Kier alpha value is -4.30. The predicted molar refractivity (Wildman–Crippen MR) is 138 cm³/mol. The van der Waals surface area contributed by atoms with Crippen molar-refractivity contribution in [2.45, 2.75) is 0 Å². The first-order valence-corrected chi connectivity index (χ1v) is 10.7. The van der Waals surface area contributed by atoms with E-state index in [-0.39, 0.29) is 0 Å². The van der Waals surface area contributed by atoms with Crippen LogP contribution in [0.4, 0.5) is 0 Å². The van der Waals surface area contributed by atoms with Crippen molar-refractivity contribution in [2.24, 2.45) is 11.5 Å². The molecule has 5 aromatic carbocycles. The Morgan fingerprint density at radius 1 is 0.500 bits per heavy atom. The monoisotopic (exact) mass is 412 g/mol. The number of rotatable bonds is 4. The molecule has 0 aliphatic rings. The molecule has 2 heteroatoms. The molecule has 0 bridgehead atoms. The number of hydrogen-bond donors (Lipinski definition) is 2. The summed E-state index contributed by atoms with van der Waals surface area (Å²) in [5, 5.41) is 4.61. The summed E-state index contributed by atoms with van der Waals surface area (Å²) < 4.78 is 0. The van der Waals surface area contributed by atoms with Crippen molar-refractivity contribution in [3.05, 3.63) is 131 Å². The largest absolute Gasteiger partial charge is 0.398 e. The Kier molecular flexibility index (Phi) is 5.19. The Morgan fingerprint density at radius 3 is 1.66 bits per heavy atom. The fraction of sp³-hybridized carbons (Fsp3) is 0. The third kappa shape index (κ3) is 3.86. The number of nitrogens with two attached hydrogens (primary N) is 2. The number of hydrogen-bond acceptors (Lipinski definition) is 2. The summed E-state index contributed by atoms with van der Waals surface area (Å²) in [6, 6.07) is 37.3. The van der Waals surface area contributed by atoms with Crippen LogP contribution in [0.1, 0.15) is 22.3 Å². The lowest BCUT2D eigenvalue weighted by atomic mass is 9.92. The van der Waals surface area contributed by atoms with Crippen molar-refractivity contribution in [1.82, 2.24) is 0 Å². The van der Waals surface area contributed by atoms with Crippen LogP contribution < -0.4 is 11.5 Å². The van der Waals surface area contributed by atoms with Crippen LogP contribution in [0, 0.1) is 0 Å². The molecule has 4 N–H and O–H groups in total. The maximum absolute atomic E-state index is 6.75. The van der Waals surface area contributed by atoms with Gasteiger partial charge in [-0.3, -0.25) is 0 Å². The molecule has 0 amide bonds. The molecule has 0 radical (unpaired) electrons. The molecular weight excluding hydrogens is 388 g/mol. The standard InChI is InChI=1S/C30H24N2/c31-28(17-21-9-3-1-4-10-21)26-16-15-25-19-23-13-7-8-14-24(23)20-27(25)30(26)29(32)18-22-11-5-2-6-12-22/h1-20H,31-32H2. The summed E-state index contributed by atoms with van der Waals surface area (Å²) in [6.07, 6.45) is 4.02. The van der Waals surface area contributed by atoms with Gasteiger partial charge in [0, 0.05) is 22.5 Å². The molecule has 0 fully saturated rings. The first-order chi connectivity index (χ1) is 15.7. The maximum atomic E-state index is 6.75. The lowest BCUT2D eigenvalue weighted by Crippen LogP contribution is -2.06. The molecule has 2 nitrogen and oxygen atoms in total. The van der Waals surface area contributed by atoms with Crippen LogP contribution in [0.25, 0.3) is 45.1 Å². The average Bonchev–Trinajstić information content (AvgIpc) is 2.83. The quantitative estimate of drug-likeness (QED) is 0.249. The highest BCUT2D eigenvalue weighted by Gasteiger charge is 2.14. The fourth-order valence-electron chi connectivity index (χ4n) is 4.17. The van der Waals surface area contributed by atoms with Crippen molar-refractivity contribution in [3.8, 4) is 0 Å². The van der Waals surface area contributed by atoms with E-state index in [1.807, 2.05) is 60.7 Å². The molecular formula is C30H24N2. The number of benzene rings is 5.